The minimum Gasteiger partial charge on any atom is -0.510 e. The summed E-state index contributed by atoms with van der Waals surface area (Å²) in [6.07, 6.45) is 1.98. The molecule has 2 unspecified atom stereocenters. The van der Waals surface area contributed by atoms with Gasteiger partial charge in [0.2, 0.25) is 0 Å². The molecule has 0 fully saturated rings. The fourth-order valence-electron chi connectivity index (χ4n) is 4.38. The van der Waals surface area contributed by atoms with Crippen LogP contribution in [0, 0.1) is 0 Å². The summed E-state index contributed by atoms with van der Waals surface area (Å²) in [4.78, 5) is 0. The van der Waals surface area contributed by atoms with Crippen LogP contribution in [0.15, 0.2) is 47.7 Å². The van der Waals surface area contributed by atoms with Gasteiger partial charge in [0, 0.05) is 22.6 Å². The SMILES string of the molecule is CC1=C2NC3C(O)=CC3c3ccc4cccc(c4c32)C1(C)C. The summed E-state index contributed by atoms with van der Waals surface area (Å²) in [6.45, 7) is 6.81. The summed E-state index contributed by atoms with van der Waals surface area (Å²) in [5, 5.41) is 16.3. The first-order valence-corrected chi connectivity index (χ1v) is 7.95. The summed E-state index contributed by atoms with van der Waals surface area (Å²) in [5.74, 6) is 0.776. The number of hydrogen-bond donors (Lipinski definition) is 2. The zero-order valence-electron chi connectivity index (χ0n) is 13.1. The van der Waals surface area contributed by atoms with Crippen molar-refractivity contribution in [2.75, 3.05) is 0 Å². The molecular weight excluding hydrogens is 270 g/mol. The molecule has 110 valence electrons. The van der Waals surface area contributed by atoms with Crippen molar-refractivity contribution in [2.45, 2.75) is 38.1 Å². The van der Waals surface area contributed by atoms with E-state index < -0.39 is 0 Å². The van der Waals surface area contributed by atoms with Gasteiger partial charge in [0.05, 0.1) is 6.04 Å². The third kappa shape index (κ3) is 1.19. The number of aliphatic hydroxyl groups is 1. The zero-order valence-corrected chi connectivity index (χ0v) is 13.1. The molecule has 1 heterocycles. The Kier molecular flexibility index (Phi) is 2.00. The van der Waals surface area contributed by atoms with Crippen LogP contribution in [0.2, 0.25) is 0 Å². The van der Waals surface area contributed by atoms with Gasteiger partial charge in [-0.2, -0.15) is 0 Å². The summed E-state index contributed by atoms with van der Waals surface area (Å²) < 4.78 is 0. The molecule has 3 aliphatic rings. The van der Waals surface area contributed by atoms with E-state index in [-0.39, 0.29) is 11.5 Å². The molecule has 0 aromatic heterocycles. The first-order valence-electron chi connectivity index (χ1n) is 7.95. The topological polar surface area (TPSA) is 32.3 Å². The third-order valence-corrected chi connectivity index (χ3v) is 6.00. The fourth-order valence-corrected chi connectivity index (χ4v) is 4.38. The second kappa shape index (κ2) is 3.57. The number of rotatable bonds is 0. The molecule has 0 saturated carbocycles. The molecule has 22 heavy (non-hydrogen) atoms. The van der Waals surface area contributed by atoms with Crippen molar-refractivity contribution in [1.29, 1.82) is 0 Å². The summed E-state index contributed by atoms with van der Waals surface area (Å²) in [5.41, 5.74) is 6.71. The Labute approximate surface area is 130 Å². The van der Waals surface area contributed by atoms with Crippen molar-refractivity contribution in [2.24, 2.45) is 0 Å². The number of hydrogen-bond acceptors (Lipinski definition) is 2. The summed E-state index contributed by atoms with van der Waals surface area (Å²) >= 11 is 0. The Morgan fingerprint density at radius 1 is 1.14 bits per heavy atom. The lowest BCUT2D eigenvalue weighted by molar-refractivity contribution is 0.299. The fraction of sp³-hybridized carbons (Fsp3) is 0.300. The minimum absolute atomic E-state index is 0.00336. The van der Waals surface area contributed by atoms with E-state index in [1.54, 1.807) is 0 Å². The van der Waals surface area contributed by atoms with Gasteiger partial charge in [0.15, 0.2) is 0 Å². The lowest BCUT2D eigenvalue weighted by atomic mass is 9.65. The van der Waals surface area contributed by atoms with Gasteiger partial charge in [-0.3, -0.25) is 0 Å². The van der Waals surface area contributed by atoms with E-state index in [4.69, 9.17) is 0 Å². The van der Waals surface area contributed by atoms with Crippen LogP contribution in [-0.2, 0) is 5.41 Å². The predicted molar refractivity (Wildman–Crippen MR) is 89.9 cm³/mol. The lowest BCUT2D eigenvalue weighted by Crippen LogP contribution is -2.47. The molecule has 0 saturated heterocycles. The minimum atomic E-state index is 0.00336. The molecule has 2 aliphatic carbocycles. The predicted octanol–water partition coefficient (Wildman–Crippen LogP) is 4.37. The van der Waals surface area contributed by atoms with Crippen molar-refractivity contribution < 1.29 is 5.11 Å². The molecule has 0 radical (unpaired) electrons. The van der Waals surface area contributed by atoms with E-state index >= 15 is 0 Å². The van der Waals surface area contributed by atoms with Gasteiger partial charge in [-0.1, -0.05) is 44.2 Å². The van der Waals surface area contributed by atoms with Crippen molar-refractivity contribution in [3.63, 3.8) is 0 Å². The Hall–Kier alpha value is -2.22. The molecule has 2 nitrogen and oxygen atoms in total. The first kappa shape index (κ1) is 12.3. The van der Waals surface area contributed by atoms with E-state index in [2.05, 4.69) is 56.4 Å². The molecule has 2 heteroatoms. The monoisotopic (exact) mass is 289 g/mol. The van der Waals surface area contributed by atoms with Crippen LogP contribution >= 0.6 is 0 Å². The summed E-state index contributed by atoms with van der Waals surface area (Å²) in [6, 6.07) is 11.2. The maximum Gasteiger partial charge on any atom is 0.112 e. The van der Waals surface area contributed by atoms with E-state index in [1.165, 1.54) is 38.7 Å². The second-order valence-corrected chi connectivity index (χ2v) is 7.30. The molecule has 0 amide bonds. The normalized spacial score (nSPS) is 27.0. The standard InChI is InChI=1S/C20H19NO/c1-10-18-17-12(13-9-15(22)19(13)21-18)8-7-11-5-4-6-14(16(11)17)20(10,2)3/h4-9,13,19,21-22H,1-3H3. The second-order valence-electron chi connectivity index (χ2n) is 7.30. The molecular formula is C20H19NO. The first-order chi connectivity index (χ1) is 10.5. The van der Waals surface area contributed by atoms with E-state index in [9.17, 15) is 5.11 Å². The highest BCUT2D eigenvalue weighted by molar-refractivity contribution is 6.02. The highest BCUT2D eigenvalue weighted by Gasteiger charge is 2.44. The largest absolute Gasteiger partial charge is 0.510 e. The van der Waals surface area contributed by atoms with Crippen LogP contribution in [0.3, 0.4) is 0 Å². The maximum absolute atomic E-state index is 10.0. The molecule has 0 bridgehead atoms. The number of fused-ring (bicyclic) bond motifs is 2. The van der Waals surface area contributed by atoms with E-state index in [0.29, 0.717) is 11.7 Å². The highest BCUT2D eigenvalue weighted by atomic mass is 16.3. The average Bonchev–Trinajstić information content (AvgIpc) is 2.50. The van der Waals surface area contributed by atoms with Crippen molar-refractivity contribution in [3.8, 4) is 0 Å². The van der Waals surface area contributed by atoms with Gasteiger partial charge in [-0.15, -0.1) is 0 Å². The average molecular weight is 289 g/mol. The van der Waals surface area contributed by atoms with Crippen LogP contribution < -0.4 is 5.32 Å². The number of aliphatic hydroxyl groups excluding tert-OH is 1. The van der Waals surface area contributed by atoms with Crippen molar-refractivity contribution in [1.82, 2.24) is 5.32 Å². The Morgan fingerprint density at radius 2 is 1.95 bits per heavy atom. The Balaban J connectivity index is 1.98. The molecule has 1 aliphatic heterocycles. The Bertz CT molecular complexity index is 917. The van der Waals surface area contributed by atoms with Gasteiger partial charge in [0.1, 0.15) is 5.76 Å². The van der Waals surface area contributed by atoms with Crippen LogP contribution in [0.1, 0.15) is 43.4 Å². The van der Waals surface area contributed by atoms with Crippen molar-refractivity contribution in [3.05, 3.63) is 64.4 Å². The van der Waals surface area contributed by atoms with Gasteiger partial charge in [-0.05, 0) is 40.5 Å². The smallest absolute Gasteiger partial charge is 0.112 e. The van der Waals surface area contributed by atoms with Gasteiger partial charge in [0.25, 0.3) is 0 Å². The molecule has 5 rings (SSSR count). The molecule has 2 aromatic rings. The zero-order chi connectivity index (χ0) is 15.2. The van der Waals surface area contributed by atoms with Gasteiger partial charge < -0.3 is 10.4 Å². The maximum atomic E-state index is 10.0. The van der Waals surface area contributed by atoms with Crippen LogP contribution in [0.5, 0.6) is 0 Å². The van der Waals surface area contributed by atoms with E-state index in [1.807, 2.05) is 6.08 Å². The molecule has 2 aromatic carbocycles. The van der Waals surface area contributed by atoms with Crippen LogP contribution in [-0.4, -0.2) is 11.1 Å². The van der Waals surface area contributed by atoms with E-state index in [0.717, 1.165) is 0 Å². The number of benzene rings is 2. The summed E-state index contributed by atoms with van der Waals surface area (Å²) in [7, 11) is 0. The Morgan fingerprint density at radius 3 is 2.73 bits per heavy atom. The highest BCUT2D eigenvalue weighted by Crippen LogP contribution is 2.52. The van der Waals surface area contributed by atoms with Crippen molar-refractivity contribution >= 4 is 16.5 Å². The van der Waals surface area contributed by atoms with Crippen LogP contribution in [0.4, 0.5) is 0 Å². The number of nitrogens with one attached hydrogen (secondary N) is 1. The van der Waals surface area contributed by atoms with Gasteiger partial charge >= 0.3 is 0 Å². The molecule has 2 atom stereocenters. The molecule has 2 N–H and O–H groups in total. The quantitative estimate of drug-likeness (QED) is 0.754. The lowest BCUT2D eigenvalue weighted by Gasteiger charge is -2.46. The third-order valence-electron chi connectivity index (χ3n) is 6.00. The van der Waals surface area contributed by atoms with Gasteiger partial charge in [-0.25, -0.2) is 0 Å². The molecule has 0 spiro atoms. The number of allylic oxidation sites excluding steroid dienone is 1. The van der Waals surface area contributed by atoms with Crippen LogP contribution in [0.25, 0.3) is 16.5 Å².